The molecule has 1 aliphatic rings. The van der Waals surface area contributed by atoms with Crippen LogP contribution < -0.4 is 5.32 Å². The molecule has 0 aliphatic heterocycles. The van der Waals surface area contributed by atoms with Gasteiger partial charge in [-0.2, -0.15) is 4.98 Å². The van der Waals surface area contributed by atoms with Gasteiger partial charge in [-0.15, -0.1) is 0 Å². The Balaban J connectivity index is 1.93. The van der Waals surface area contributed by atoms with Crippen molar-refractivity contribution < 1.29 is 18.1 Å². The van der Waals surface area contributed by atoms with E-state index in [1.807, 2.05) is 0 Å². The van der Waals surface area contributed by atoms with Crippen LogP contribution in [0.25, 0.3) is 0 Å². The summed E-state index contributed by atoms with van der Waals surface area (Å²) in [6, 6.07) is 1.59. The van der Waals surface area contributed by atoms with Crippen molar-refractivity contribution in [2.45, 2.75) is 44.6 Å². The Morgan fingerprint density at radius 2 is 1.92 bits per heavy atom. The predicted octanol–water partition coefficient (Wildman–Crippen LogP) is 3.90. The molecule has 2 aromatic rings. The van der Waals surface area contributed by atoms with Gasteiger partial charge in [-0.3, -0.25) is 4.79 Å². The lowest BCUT2D eigenvalue weighted by molar-refractivity contribution is 0.0855. The Labute approximate surface area is 142 Å². The Hall–Kier alpha value is -2.02. The van der Waals surface area contributed by atoms with E-state index in [-0.39, 0.29) is 10.6 Å². The molecule has 0 bridgehead atoms. The van der Waals surface area contributed by atoms with Gasteiger partial charge in [-0.25, -0.2) is 8.78 Å². The molecule has 1 aliphatic carbocycles. The van der Waals surface area contributed by atoms with Crippen molar-refractivity contribution >= 4 is 17.5 Å². The van der Waals surface area contributed by atoms with Gasteiger partial charge in [0, 0.05) is 6.92 Å². The molecular formula is C16H16ClF2N3O2. The third-order valence-corrected chi connectivity index (χ3v) is 4.58. The molecule has 1 aromatic carbocycles. The van der Waals surface area contributed by atoms with Gasteiger partial charge in [0.2, 0.25) is 5.89 Å². The standard InChI is InChI=1S/C16H16ClF2N3O2/c1-9-20-15(22-24-9)16(5-3-2-4-6-16)21-14(23)10-7-12(18)13(19)8-11(10)17/h7-8H,2-6H2,1H3,(H,21,23). The van der Waals surface area contributed by atoms with Crippen LogP contribution in [0.2, 0.25) is 5.02 Å². The number of carbonyl (C=O) groups excluding carboxylic acids is 1. The fraction of sp³-hybridized carbons (Fsp3) is 0.438. The SMILES string of the molecule is Cc1nc(C2(NC(=O)c3cc(F)c(F)cc3Cl)CCCCC2)no1. The van der Waals surface area contributed by atoms with Gasteiger partial charge in [0.05, 0.1) is 10.6 Å². The van der Waals surface area contributed by atoms with E-state index in [1.54, 1.807) is 6.92 Å². The van der Waals surface area contributed by atoms with Gasteiger partial charge < -0.3 is 9.84 Å². The number of halogens is 3. The zero-order valence-corrected chi connectivity index (χ0v) is 13.8. The fourth-order valence-corrected chi connectivity index (χ4v) is 3.27. The highest BCUT2D eigenvalue weighted by Crippen LogP contribution is 2.36. The molecule has 5 nitrogen and oxygen atoms in total. The van der Waals surface area contributed by atoms with E-state index in [0.717, 1.165) is 31.4 Å². The van der Waals surface area contributed by atoms with E-state index >= 15 is 0 Å². The van der Waals surface area contributed by atoms with Crippen LogP contribution >= 0.6 is 11.6 Å². The van der Waals surface area contributed by atoms with Crippen molar-refractivity contribution in [2.75, 3.05) is 0 Å². The van der Waals surface area contributed by atoms with Crippen LogP contribution in [0.3, 0.4) is 0 Å². The highest BCUT2D eigenvalue weighted by molar-refractivity contribution is 6.33. The lowest BCUT2D eigenvalue weighted by Gasteiger charge is -2.35. The van der Waals surface area contributed by atoms with E-state index in [2.05, 4.69) is 15.5 Å². The summed E-state index contributed by atoms with van der Waals surface area (Å²) in [4.78, 5) is 16.9. The molecule has 0 spiro atoms. The zero-order valence-electron chi connectivity index (χ0n) is 13.0. The summed E-state index contributed by atoms with van der Waals surface area (Å²) in [5, 5.41) is 6.66. The lowest BCUT2D eigenvalue weighted by atomic mass is 9.80. The maximum Gasteiger partial charge on any atom is 0.253 e. The first-order chi connectivity index (χ1) is 11.4. The van der Waals surface area contributed by atoms with Crippen LogP contribution in [0.4, 0.5) is 8.78 Å². The topological polar surface area (TPSA) is 68.0 Å². The first kappa shape index (κ1) is 16.8. The molecule has 1 amide bonds. The number of hydrogen-bond acceptors (Lipinski definition) is 4. The molecule has 0 radical (unpaired) electrons. The highest BCUT2D eigenvalue weighted by atomic mass is 35.5. The van der Waals surface area contributed by atoms with E-state index < -0.39 is 23.1 Å². The molecule has 24 heavy (non-hydrogen) atoms. The summed E-state index contributed by atoms with van der Waals surface area (Å²) in [7, 11) is 0. The normalized spacial score (nSPS) is 16.8. The first-order valence-electron chi connectivity index (χ1n) is 7.69. The number of nitrogens with zero attached hydrogens (tertiary/aromatic N) is 2. The van der Waals surface area contributed by atoms with E-state index in [9.17, 15) is 13.6 Å². The largest absolute Gasteiger partial charge is 0.340 e. The van der Waals surface area contributed by atoms with Crippen molar-refractivity contribution in [1.29, 1.82) is 0 Å². The molecule has 3 rings (SSSR count). The number of aryl methyl sites for hydroxylation is 1. The van der Waals surface area contributed by atoms with Gasteiger partial charge in [-0.05, 0) is 25.0 Å². The number of benzene rings is 1. The van der Waals surface area contributed by atoms with Crippen LogP contribution in [-0.2, 0) is 5.54 Å². The number of aromatic nitrogens is 2. The number of amides is 1. The lowest BCUT2D eigenvalue weighted by Crippen LogP contribution is -2.48. The summed E-state index contributed by atoms with van der Waals surface area (Å²) in [5.41, 5.74) is -0.915. The summed E-state index contributed by atoms with van der Waals surface area (Å²) in [6.07, 6.45) is 4.09. The molecule has 128 valence electrons. The van der Waals surface area contributed by atoms with Gasteiger partial charge >= 0.3 is 0 Å². The minimum atomic E-state index is -1.13. The quantitative estimate of drug-likeness (QED) is 0.848. The van der Waals surface area contributed by atoms with Crippen LogP contribution in [0, 0.1) is 18.6 Å². The first-order valence-corrected chi connectivity index (χ1v) is 8.07. The van der Waals surface area contributed by atoms with Crippen molar-refractivity contribution in [1.82, 2.24) is 15.5 Å². The number of hydrogen-bond donors (Lipinski definition) is 1. The minimum Gasteiger partial charge on any atom is -0.340 e. The van der Waals surface area contributed by atoms with Gasteiger partial charge in [0.15, 0.2) is 17.5 Å². The second-order valence-corrected chi connectivity index (χ2v) is 6.39. The van der Waals surface area contributed by atoms with Crippen molar-refractivity contribution in [3.63, 3.8) is 0 Å². The van der Waals surface area contributed by atoms with Crippen LogP contribution in [0.5, 0.6) is 0 Å². The zero-order chi connectivity index (χ0) is 17.3. The molecule has 8 heteroatoms. The number of nitrogens with one attached hydrogen (secondary N) is 1. The van der Waals surface area contributed by atoms with Gasteiger partial charge in [0.25, 0.3) is 5.91 Å². The van der Waals surface area contributed by atoms with Crippen molar-refractivity contribution in [3.05, 3.63) is 46.1 Å². The molecule has 1 heterocycles. The van der Waals surface area contributed by atoms with Crippen LogP contribution in [-0.4, -0.2) is 16.0 Å². The average molecular weight is 356 g/mol. The summed E-state index contributed by atoms with van der Waals surface area (Å²) < 4.78 is 31.7. The molecule has 1 aromatic heterocycles. The molecular weight excluding hydrogens is 340 g/mol. The van der Waals surface area contributed by atoms with Gasteiger partial charge in [-0.1, -0.05) is 36.0 Å². The monoisotopic (exact) mass is 355 g/mol. The molecule has 0 unspecified atom stereocenters. The average Bonchev–Trinajstić information content (AvgIpc) is 2.99. The van der Waals surface area contributed by atoms with E-state index in [4.69, 9.17) is 16.1 Å². The summed E-state index contributed by atoms with van der Waals surface area (Å²) in [5.74, 6) is -2.03. The van der Waals surface area contributed by atoms with Crippen molar-refractivity contribution in [2.24, 2.45) is 0 Å². The minimum absolute atomic E-state index is 0.124. The smallest absolute Gasteiger partial charge is 0.253 e. The Morgan fingerprint density at radius 3 is 2.54 bits per heavy atom. The highest BCUT2D eigenvalue weighted by Gasteiger charge is 2.40. The molecule has 0 atom stereocenters. The van der Waals surface area contributed by atoms with Crippen LogP contribution in [0.15, 0.2) is 16.7 Å². The maximum atomic E-state index is 13.5. The van der Waals surface area contributed by atoms with Gasteiger partial charge in [0.1, 0.15) is 5.54 Å². The second kappa shape index (κ2) is 6.47. The summed E-state index contributed by atoms with van der Waals surface area (Å²) >= 11 is 5.89. The second-order valence-electron chi connectivity index (χ2n) is 5.98. The summed E-state index contributed by atoms with van der Waals surface area (Å²) in [6.45, 7) is 1.67. The van der Waals surface area contributed by atoms with Crippen LogP contribution in [0.1, 0.15) is 54.2 Å². The molecule has 1 fully saturated rings. The fourth-order valence-electron chi connectivity index (χ4n) is 3.03. The van der Waals surface area contributed by atoms with E-state index in [1.165, 1.54) is 0 Å². The number of rotatable bonds is 3. The number of carbonyl (C=O) groups is 1. The third-order valence-electron chi connectivity index (χ3n) is 4.27. The van der Waals surface area contributed by atoms with Crippen molar-refractivity contribution in [3.8, 4) is 0 Å². The molecule has 0 saturated heterocycles. The predicted molar refractivity (Wildman–Crippen MR) is 82.6 cm³/mol. The maximum absolute atomic E-state index is 13.5. The Morgan fingerprint density at radius 1 is 1.25 bits per heavy atom. The Bertz CT molecular complexity index is 773. The van der Waals surface area contributed by atoms with E-state index in [0.29, 0.717) is 24.6 Å². The molecule has 1 saturated carbocycles. The third kappa shape index (κ3) is 3.13. The molecule has 1 N–H and O–H groups in total. The Kier molecular flexibility index (Phi) is 4.54.